The van der Waals surface area contributed by atoms with Gasteiger partial charge in [0, 0.05) is 24.3 Å². The highest BCUT2D eigenvalue weighted by molar-refractivity contribution is 5.93. The van der Waals surface area contributed by atoms with Gasteiger partial charge in [0.1, 0.15) is 11.4 Å². The van der Waals surface area contributed by atoms with Crippen LogP contribution in [0.15, 0.2) is 36.5 Å². The predicted molar refractivity (Wildman–Crippen MR) is 85.1 cm³/mol. The first-order chi connectivity index (χ1) is 10.7. The quantitative estimate of drug-likeness (QED) is 0.942. The van der Waals surface area contributed by atoms with Crippen LogP contribution in [0.4, 0.5) is 5.82 Å². The largest absolute Gasteiger partial charge is 0.477 e. The van der Waals surface area contributed by atoms with E-state index in [9.17, 15) is 9.90 Å². The Morgan fingerprint density at radius 2 is 2.05 bits per heavy atom. The second-order valence-corrected chi connectivity index (χ2v) is 5.64. The van der Waals surface area contributed by atoms with E-state index in [0.29, 0.717) is 17.7 Å². The summed E-state index contributed by atoms with van der Waals surface area (Å²) in [5.74, 6) is 0.124. The molecule has 2 aromatic rings. The Morgan fingerprint density at radius 1 is 1.27 bits per heavy atom. The van der Waals surface area contributed by atoms with E-state index in [-0.39, 0.29) is 5.56 Å². The third kappa shape index (κ3) is 2.79. The Bertz CT molecular complexity index is 673. The van der Waals surface area contributed by atoms with Crippen LogP contribution in [0.2, 0.25) is 0 Å². The first-order valence-corrected chi connectivity index (χ1v) is 7.59. The van der Waals surface area contributed by atoms with Crippen LogP contribution in [0.1, 0.15) is 36.5 Å². The molecule has 5 heteroatoms. The van der Waals surface area contributed by atoms with Crippen molar-refractivity contribution in [1.29, 1.82) is 0 Å². The van der Waals surface area contributed by atoms with Crippen LogP contribution < -0.4 is 4.90 Å². The van der Waals surface area contributed by atoms with Crippen LogP contribution in [-0.4, -0.2) is 33.6 Å². The maximum atomic E-state index is 11.5. The first kappa shape index (κ1) is 14.5. The molecular formula is C17H19N3O2. The van der Waals surface area contributed by atoms with Crippen LogP contribution >= 0.6 is 0 Å². The summed E-state index contributed by atoms with van der Waals surface area (Å²) in [6.07, 6.45) is 4.73. The van der Waals surface area contributed by atoms with E-state index in [4.69, 9.17) is 0 Å². The Hall–Kier alpha value is -2.43. The number of hydrogen-bond acceptors (Lipinski definition) is 4. The van der Waals surface area contributed by atoms with Gasteiger partial charge in [-0.3, -0.25) is 0 Å². The Balaban J connectivity index is 2.07. The molecule has 114 valence electrons. The van der Waals surface area contributed by atoms with Gasteiger partial charge in [0.15, 0.2) is 5.82 Å². The monoisotopic (exact) mass is 297 g/mol. The lowest BCUT2D eigenvalue weighted by Gasteiger charge is -2.35. The Morgan fingerprint density at radius 3 is 2.73 bits per heavy atom. The van der Waals surface area contributed by atoms with Gasteiger partial charge in [-0.15, -0.1) is 0 Å². The number of nitrogens with zero attached hydrogens (tertiary/aromatic N) is 3. The molecule has 5 nitrogen and oxygen atoms in total. The fraction of sp³-hybridized carbons (Fsp3) is 0.353. The summed E-state index contributed by atoms with van der Waals surface area (Å²) < 4.78 is 0. The second kappa shape index (κ2) is 6.13. The maximum absolute atomic E-state index is 11.5. The normalized spacial score (nSPS) is 18.2. The van der Waals surface area contributed by atoms with Crippen LogP contribution in [0.3, 0.4) is 0 Å². The molecule has 0 bridgehead atoms. The van der Waals surface area contributed by atoms with Gasteiger partial charge in [-0.25, -0.2) is 14.8 Å². The summed E-state index contributed by atoms with van der Waals surface area (Å²) in [4.78, 5) is 22.4. The van der Waals surface area contributed by atoms with Crippen molar-refractivity contribution in [3.05, 3.63) is 42.1 Å². The molecule has 0 spiro atoms. The lowest BCUT2D eigenvalue weighted by Crippen LogP contribution is -2.39. The third-order valence-corrected chi connectivity index (χ3v) is 4.11. The molecule has 0 saturated carbocycles. The van der Waals surface area contributed by atoms with Gasteiger partial charge >= 0.3 is 5.97 Å². The number of carbonyl (C=O) groups is 1. The third-order valence-electron chi connectivity index (χ3n) is 4.11. The summed E-state index contributed by atoms with van der Waals surface area (Å²) >= 11 is 0. The first-order valence-electron chi connectivity index (χ1n) is 7.59. The minimum Gasteiger partial charge on any atom is -0.477 e. The molecule has 1 atom stereocenters. The number of rotatable bonds is 3. The van der Waals surface area contributed by atoms with Gasteiger partial charge in [-0.2, -0.15) is 0 Å². The lowest BCUT2D eigenvalue weighted by molar-refractivity contribution is 0.0696. The number of aromatic nitrogens is 2. The smallest absolute Gasteiger partial charge is 0.341 e. The van der Waals surface area contributed by atoms with Crippen molar-refractivity contribution in [2.24, 2.45) is 0 Å². The predicted octanol–water partition coefficient (Wildman–Crippen LogP) is 3.22. The standard InChI is InChI=1S/C17H19N3O2/c1-12-7-5-6-10-20(12)16-14(17(21)22)11-18-15(19-16)13-8-3-2-4-9-13/h2-4,8-9,11-12H,5-7,10H2,1H3,(H,21,22). The van der Waals surface area contributed by atoms with E-state index >= 15 is 0 Å². The number of aromatic carboxylic acids is 1. The van der Waals surface area contributed by atoms with Crippen molar-refractivity contribution in [1.82, 2.24) is 9.97 Å². The Labute approximate surface area is 129 Å². The molecule has 3 rings (SSSR count). The van der Waals surface area contributed by atoms with Crippen molar-refractivity contribution < 1.29 is 9.90 Å². The molecule has 0 amide bonds. The van der Waals surface area contributed by atoms with Crippen molar-refractivity contribution in [3.63, 3.8) is 0 Å². The minimum absolute atomic E-state index is 0.174. The number of carboxylic acid groups (broad SMARTS) is 1. The molecule has 0 aliphatic carbocycles. The zero-order valence-electron chi connectivity index (χ0n) is 12.6. The molecule has 1 aliphatic rings. The van der Waals surface area contributed by atoms with Crippen molar-refractivity contribution in [2.45, 2.75) is 32.2 Å². The molecular weight excluding hydrogens is 278 g/mol. The van der Waals surface area contributed by atoms with Crippen molar-refractivity contribution >= 4 is 11.8 Å². The molecule has 1 aromatic heterocycles. The molecule has 1 aromatic carbocycles. The number of hydrogen-bond donors (Lipinski definition) is 1. The van der Waals surface area contributed by atoms with Gasteiger partial charge in [0.25, 0.3) is 0 Å². The summed E-state index contributed by atoms with van der Waals surface area (Å²) in [6.45, 7) is 2.96. The van der Waals surface area contributed by atoms with Gasteiger partial charge in [0.05, 0.1) is 0 Å². The molecule has 1 fully saturated rings. The van der Waals surface area contributed by atoms with Crippen LogP contribution in [0, 0.1) is 0 Å². The van der Waals surface area contributed by atoms with Gasteiger partial charge in [-0.1, -0.05) is 30.3 Å². The van der Waals surface area contributed by atoms with E-state index in [1.807, 2.05) is 30.3 Å². The maximum Gasteiger partial charge on any atom is 0.341 e. The average Bonchev–Trinajstić information content (AvgIpc) is 2.55. The van der Waals surface area contributed by atoms with E-state index in [1.54, 1.807) is 0 Å². The van der Waals surface area contributed by atoms with Crippen LogP contribution in [0.5, 0.6) is 0 Å². The zero-order valence-corrected chi connectivity index (χ0v) is 12.6. The number of anilines is 1. The van der Waals surface area contributed by atoms with Crippen molar-refractivity contribution in [3.8, 4) is 11.4 Å². The van der Waals surface area contributed by atoms with Gasteiger partial charge < -0.3 is 10.0 Å². The lowest BCUT2D eigenvalue weighted by atomic mass is 10.0. The second-order valence-electron chi connectivity index (χ2n) is 5.64. The van der Waals surface area contributed by atoms with Crippen LogP contribution in [-0.2, 0) is 0 Å². The van der Waals surface area contributed by atoms with Gasteiger partial charge in [-0.05, 0) is 26.2 Å². The average molecular weight is 297 g/mol. The fourth-order valence-corrected chi connectivity index (χ4v) is 2.88. The number of piperidine rings is 1. The number of benzene rings is 1. The fourth-order valence-electron chi connectivity index (χ4n) is 2.88. The van der Waals surface area contributed by atoms with E-state index in [0.717, 1.165) is 24.9 Å². The highest BCUT2D eigenvalue weighted by Crippen LogP contribution is 2.28. The molecule has 1 unspecified atom stereocenters. The Kier molecular flexibility index (Phi) is 4.04. The summed E-state index contributed by atoms with van der Waals surface area (Å²) in [5.41, 5.74) is 1.07. The molecule has 1 aliphatic heterocycles. The summed E-state index contributed by atoms with van der Waals surface area (Å²) in [5, 5.41) is 9.44. The molecule has 0 radical (unpaired) electrons. The molecule has 22 heavy (non-hydrogen) atoms. The van der Waals surface area contributed by atoms with E-state index in [1.165, 1.54) is 12.6 Å². The minimum atomic E-state index is -0.979. The SMILES string of the molecule is CC1CCCCN1c1nc(-c2ccccc2)ncc1C(=O)O. The molecule has 1 N–H and O–H groups in total. The number of carboxylic acids is 1. The van der Waals surface area contributed by atoms with Crippen molar-refractivity contribution in [2.75, 3.05) is 11.4 Å². The summed E-state index contributed by atoms with van der Waals surface area (Å²) in [7, 11) is 0. The highest BCUT2D eigenvalue weighted by Gasteiger charge is 2.25. The van der Waals surface area contributed by atoms with Crippen LogP contribution in [0.25, 0.3) is 11.4 Å². The van der Waals surface area contributed by atoms with E-state index < -0.39 is 5.97 Å². The molecule has 1 saturated heterocycles. The molecule has 2 heterocycles. The summed E-state index contributed by atoms with van der Waals surface area (Å²) in [6, 6.07) is 9.94. The topological polar surface area (TPSA) is 66.3 Å². The zero-order chi connectivity index (χ0) is 15.5. The van der Waals surface area contributed by atoms with E-state index in [2.05, 4.69) is 21.8 Å². The highest BCUT2D eigenvalue weighted by atomic mass is 16.4. The van der Waals surface area contributed by atoms with Gasteiger partial charge in [0.2, 0.25) is 0 Å².